The molecule has 0 amide bonds. The molecule has 3 unspecified atom stereocenters. The maximum atomic E-state index is 14.2. The van der Waals surface area contributed by atoms with E-state index in [2.05, 4.69) is 56.9 Å². The van der Waals surface area contributed by atoms with E-state index in [1.807, 2.05) is 33.7 Å². The Bertz CT molecular complexity index is 1310. The second-order valence-corrected chi connectivity index (χ2v) is 10.7. The fourth-order valence-electron chi connectivity index (χ4n) is 6.03. The van der Waals surface area contributed by atoms with E-state index in [1.54, 1.807) is 7.11 Å². The Balaban J connectivity index is 1.56. The number of H-pyrrole nitrogens is 1. The van der Waals surface area contributed by atoms with Gasteiger partial charge in [0.05, 0.1) is 12.1 Å². The van der Waals surface area contributed by atoms with Crippen molar-refractivity contribution in [3.05, 3.63) is 64.5 Å². The number of methoxy groups -OCH3 is 1. The fourth-order valence-corrected chi connectivity index (χ4v) is 6.03. The molecule has 1 aliphatic heterocycles. The SMILES string of the molecule is CCCCc1cn(C2CCCCCCC2OC)c(=O)n1CC1(c2cccc(-c3nnn[nH]3)c2)C=CN=CC1. The lowest BCUT2D eigenvalue weighted by molar-refractivity contribution is 0.0381. The minimum Gasteiger partial charge on any atom is -0.379 e. The van der Waals surface area contributed by atoms with Gasteiger partial charge in [-0.05, 0) is 54.2 Å². The summed E-state index contributed by atoms with van der Waals surface area (Å²) in [6.07, 6.45) is 18.5. The molecule has 2 aromatic heterocycles. The average Bonchev–Trinajstić information content (AvgIpc) is 3.58. The third-order valence-electron chi connectivity index (χ3n) is 8.24. The van der Waals surface area contributed by atoms with Crippen molar-refractivity contribution in [2.75, 3.05) is 7.11 Å². The number of unbranched alkanes of at least 4 members (excludes halogenated alkanes) is 1. The number of ether oxygens (including phenoxy) is 1. The number of benzene rings is 1. The van der Waals surface area contributed by atoms with E-state index < -0.39 is 5.41 Å². The second-order valence-electron chi connectivity index (χ2n) is 10.7. The topological polar surface area (TPSA) is 103 Å². The van der Waals surface area contributed by atoms with Crippen LogP contribution in [0.25, 0.3) is 11.4 Å². The summed E-state index contributed by atoms with van der Waals surface area (Å²) in [4.78, 5) is 18.6. The molecule has 3 aromatic rings. The molecule has 1 aromatic carbocycles. The molecule has 0 saturated heterocycles. The molecule has 3 heterocycles. The normalized spacial score (nSPS) is 23.8. The number of nitrogens with zero attached hydrogens (tertiary/aromatic N) is 6. The summed E-state index contributed by atoms with van der Waals surface area (Å²) < 4.78 is 9.97. The molecule has 5 rings (SSSR count). The Morgan fingerprint density at radius 1 is 1.18 bits per heavy atom. The maximum absolute atomic E-state index is 14.2. The van der Waals surface area contributed by atoms with Crippen molar-refractivity contribution in [3.8, 4) is 11.4 Å². The number of nitrogens with one attached hydrogen (secondary N) is 1. The van der Waals surface area contributed by atoms with Gasteiger partial charge in [0.1, 0.15) is 0 Å². The smallest absolute Gasteiger partial charge is 0.328 e. The number of rotatable bonds is 9. The van der Waals surface area contributed by atoms with E-state index in [-0.39, 0.29) is 17.8 Å². The van der Waals surface area contributed by atoms with Crippen LogP contribution in [-0.4, -0.2) is 49.2 Å². The van der Waals surface area contributed by atoms with E-state index in [0.29, 0.717) is 18.8 Å². The van der Waals surface area contributed by atoms with Gasteiger partial charge in [-0.15, -0.1) is 5.10 Å². The van der Waals surface area contributed by atoms with Crippen molar-refractivity contribution in [1.82, 2.24) is 29.8 Å². The Labute approximate surface area is 224 Å². The van der Waals surface area contributed by atoms with Crippen LogP contribution in [0.2, 0.25) is 0 Å². The van der Waals surface area contributed by atoms with Crippen LogP contribution in [0.4, 0.5) is 0 Å². The highest BCUT2D eigenvalue weighted by Gasteiger charge is 2.34. The summed E-state index contributed by atoms with van der Waals surface area (Å²) in [6, 6.07) is 8.33. The zero-order valence-electron chi connectivity index (χ0n) is 22.6. The molecular weight excluding hydrogens is 478 g/mol. The van der Waals surface area contributed by atoms with Gasteiger partial charge >= 0.3 is 5.69 Å². The van der Waals surface area contributed by atoms with E-state index in [0.717, 1.165) is 61.8 Å². The van der Waals surface area contributed by atoms with E-state index >= 15 is 0 Å². The summed E-state index contributed by atoms with van der Waals surface area (Å²) in [5.74, 6) is 0.623. The van der Waals surface area contributed by atoms with Gasteiger partial charge in [-0.3, -0.25) is 14.1 Å². The third-order valence-corrected chi connectivity index (χ3v) is 8.24. The minimum absolute atomic E-state index is 0.0609. The van der Waals surface area contributed by atoms with Gasteiger partial charge in [0, 0.05) is 48.9 Å². The lowest BCUT2D eigenvalue weighted by Crippen LogP contribution is -2.39. The Morgan fingerprint density at radius 3 is 2.79 bits per heavy atom. The Hall–Kier alpha value is -3.33. The van der Waals surface area contributed by atoms with Gasteiger partial charge in [-0.25, -0.2) is 9.89 Å². The predicted octanol–water partition coefficient (Wildman–Crippen LogP) is 5.01. The number of hydrogen-bond donors (Lipinski definition) is 1. The van der Waals surface area contributed by atoms with Crippen LogP contribution in [0.3, 0.4) is 0 Å². The van der Waals surface area contributed by atoms with Crippen molar-refractivity contribution < 1.29 is 4.74 Å². The standard InChI is InChI=1S/C29H39N7O2/c1-3-4-12-24-20-35(25-13-7-5-6-8-14-26(25)38-2)28(37)36(24)21-29(15-17-30-18-16-29)23-11-9-10-22(19-23)27-31-33-34-32-27/h9-11,15,17-20,25-26H,3-8,12-14,16,21H2,1-2H3,(H,31,32,33,34). The van der Waals surface area contributed by atoms with E-state index in [1.165, 1.54) is 12.8 Å². The largest absolute Gasteiger partial charge is 0.379 e. The molecule has 202 valence electrons. The number of aliphatic imine (C=N–C) groups is 1. The Morgan fingerprint density at radius 2 is 2.05 bits per heavy atom. The van der Waals surface area contributed by atoms with Crippen LogP contribution in [0.1, 0.15) is 82.0 Å². The van der Waals surface area contributed by atoms with Crippen molar-refractivity contribution in [2.24, 2.45) is 4.99 Å². The lowest BCUT2D eigenvalue weighted by atomic mass is 9.76. The first kappa shape index (κ1) is 26.3. The Kier molecular flexibility index (Phi) is 8.32. The van der Waals surface area contributed by atoms with Crippen LogP contribution in [0.5, 0.6) is 0 Å². The monoisotopic (exact) mass is 517 g/mol. The van der Waals surface area contributed by atoms with Crippen LogP contribution >= 0.6 is 0 Å². The fraction of sp³-hybridized carbons (Fsp3) is 0.552. The molecule has 0 radical (unpaired) electrons. The van der Waals surface area contributed by atoms with Gasteiger partial charge < -0.3 is 4.74 Å². The molecular formula is C29H39N7O2. The van der Waals surface area contributed by atoms with Gasteiger partial charge in [0.15, 0.2) is 5.82 Å². The number of allylic oxidation sites excluding steroid dienone is 1. The molecule has 1 N–H and O–H groups in total. The van der Waals surface area contributed by atoms with Gasteiger partial charge in [0.25, 0.3) is 0 Å². The number of aryl methyl sites for hydroxylation is 1. The third kappa shape index (κ3) is 5.43. The van der Waals surface area contributed by atoms with Crippen LogP contribution in [0, 0.1) is 0 Å². The van der Waals surface area contributed by atoms with Crippen molar-refractivity contribution in [1.29, 1.82) is 0 Å². The molecule has 9 heteroatoms. The molecule has 1 saturated carbocycles. The summed E-state index contributed by atoms with van der Waals surface area (Å²) >= 11 is 0. The molecule has 0 spiro atoms. The first-order valence-corrected chi connectivity index (χ1v) is 14.0. The van der Waals surface area contributed by atoms with Crippen molar-refractivity contribution in [3.63, 3.8) is 0 Å². The number of hydrogen-bond acceptors (Lipinski definition) is 6. The van der Waals surface area contributed by atoms with Crippen LogP contribution in [0.15, 0.2) is 52.5 Å². The summed E-state index contributed by atoms with van der Waals surface area (Å²) in [7, 11) is 1.79. The summed E-state index contributed by atoms with van der Waals surface area (Å²) in [5.41, 5.74) is 2.77. The van der Waals surface area contributed by atoms with Crippen LogP contribution < -0.4 is 5.69 Å². The molecule has 1 fully saturated rings. The summed E-state index contributed by atoms with van der Waals surface area (Å²) in [5, 5.41) is 14.4. The zero-order chi connectivity index (χ0) is 26.4. The number of aromatic amines is 1. The molecule has 38 heavy (non-hydrogen) atoms. The van der Waals surface area contributed by atoms with Gasteiger partial charge in [-0.2, -0.15) is 0 Å². The average molecular weight is 518 g/mol. The maximum Gasteiger partial charge on any atom is 0.328 e. The van der Waals surface area contributed by atoms with Crippen molar-refractivity contribution >= 4 is 6.21 Å². The zero-order valence-corrected chi connectivity index (χ0v) is 22.6. The highest BCUT2D eigenvalue weighted by atomic mass is 16.5. The van der Waals surface area contributed by atoms with Crippen molar-refractivity contribution in [2.45, 2.75) is 95.2 Å². The van der Waals surface area contributed by atoms with Gasteiger partial charge in [0.2, 0.25) is 0 Å². The summed E-state index contributed by atoms with van der Waals surface area (Å²) in [6.45, 7) is 2.74. The highest BCUT2D eigenvalue weighted by Crippen LogP contribution is 2.36. The number of tetrazole rings is 1. The number of imidazole rings is 1. The molecule has 9 nitrogen and oxygen atoms in total. The molecule has 2 aliphatic rings. The quantitative estimate of drug-likeness (QED) is 0.430. The molecule has 0 bridgehead atoms. The highest BCUT2D eigenvalue weighted by molar-refractivity contribution is 5.65. The minimum atomic E-state index is -0.413. The molecule has 1 aliphatic carbocycles. The molecule has 3 atom stereocenters. The van der Waals surface area contributed by atoms with E-state index in [4.69, 9.17) is 4.74 Å². The first-order valence-electron chi connectivity index (χ1n) is 14.0. The first-order chi connectivity index (χ1) is 18.6. The predicted molar refractivity (Wildman–Crippen MR) is 148 cm³/mol. The van der Waals surface area contributed by atoms with E-state index in [9.17, 15) is 4.79 Å². The second kappa shape index (κ2) is 12.0. The van der Waals surface area contributed by atoms with Gasteiger partial charge in [-0.1, -0.05) is 63.3 Å². The number of aromatic nitrogens is 6. The van der Waals surface area contributed by atoms with Crippen LogP contribution in [-0.2, 0) is 23.1 Å². The lowest BCUT2D eigenvalue weighted by Gasteiger charge is -2.32.